The van der Waals surface area contributed by atoms with Crippen molar-refractivity contribution in [1.29, 1.82) is 0 Å². The fourth-order valence-corrected chi connectivity index (χ4v) is 4.41. The Labute approximate surface area is 205 Å². The molecule has 0 bridgehead atoms. The lowest BCUT2D eigenvalue weighted by Gasteiger charge is -2.32. The predicted molar refractivity (Wildman–Crippen MR) is 135 cm³/mol. The highest BCUT2D eigenvalue weighted by Crippen LogP contribution is 2.22. The molecule has 0 saturated carbocycles. The van der Waals surface area contributed by atoms with E-state index in [9.17, 15) is 14.4 Å². The number of piperidine rings is 1. The average Bonchev–Trinajstić information content (AvgIpc) is 2.87. The van der Waals surface area contributed by atoms with Crippen LogP contribution in [0.5, 0.6) is 0 Å². The second-order valence-electron chi connectivity index (χ2n) is 9.04. The van der Waals surface area contributed by atoms with Crippen LogP contribution in [0.3, 0.4) is 0 Å². The average molecular weight is 471 g/mol. The summed E-state index contributed by atoms with van der Waals surface area (Å²) in [5.41, 5.74) is 4.52. The van der Waals surface area contributed by atoms with Crippen molar-refractivity contribution in [2.75, 3.05) is 18.4 Å². The lowest BCUT2D eigenvalue weighted by molar-refractivity contribution is -0.121. The molecular weight excluding hydrogens is 440 g/mol. The molecule has 0 radical (unpaired) electrons. The first kappa shape index (κ1) is 24.1. The zero-order chi connectivity index (χ0) is 24.8. The number of rotatable bonds is 6. The maximum Gasteiger partial charge on any atom is 0.253 e. The zero-order valence-electron chi connectivity index (χ0n) is 20.1. The molecule has 2 aromatic carbocycles. The van der Waals surface area contributed by atoms with Crippen LogP contribution in [0.2, 0.25) is 0 Å². The molecule has 4 rings (SSSR count). The van der Waals surface area contributed by atoms with Crippen molar-refractivity contribution in [2.24, 2.45) is 5.92 Å². The Balaban J connectivity index is 1.36. The summed E-state index contributed by atoms with van der Waals surface area (Å²) in [5.74, 6) is -0.732. The molecule has 7 heteroatoms. The van der Waals surface area contributed by atoms with Gasteiger partial charge in [-0.2, -0.15) is 0 Å². The van der Waals surface area contributed by atoms with E-state index in [-0.39, 0.29) is 23.6 Å². The zero-order valence-corrected chi connectivity index (χ0v) is 20.1. The number of amides is 3. The Morgan fingerprint density at radius 3 is 2.51 bits per heavy atom. The molecular formula is C28H30N4O3. The number of carbonyl (C=O) groups is 3. The molecule has 1 fully saturated rings. The Morgan fingerprint density at radius 1 is 0.971 bits per heavy atom. The van der Waals surface area contributed by atoms with E-state index in [2.05, 4.69) is 15.6 Å². The second-order valence-corrected chi connectivity index (χ2v) is 9.04. The van der Waals surface area contributed by atoms with Gasteiger partial charge in [-0.15, -0.1) is 0 Å². The van der Waals surface area contributed by atoms with Gasteiger partial charge in [0.15, 0.2) is 0 Å². The number of hydrogen-bond acceptors (Lipinski definition) is 4. The Morgan fingerprint density at radius 2 is 1.77 bits per heavy atom. The summed E-state index contributed by atoms with van der Waals surface area (Å²) in [6.45, 7) is 5.29. The summed E-state index contributed by atoms with van der Waals surface area (Å²) < 4.78 is 0. The number of likely N-dealkylation sites (tertiary alicyclic amines) is 1. The fraction of sp³-hybridized carbons (Fsp3) is 0.286. The summed E-state index contributed by atoms with van der Waals surface area (Å²) in [6, 6.07) is 18.2. The minimum atomic E-state index is -0.305. The highest BCUT2D eigenvalue weighted by atomic mass is 16.2. The van der Waals surface area contributed by atoms with Crippen molar-refractivity contribution in [3.63, 3.8) is 0 Å². The third-order valence-corrected chi connectivity index (χ3v) is 6.10. The Hall–Kier alpha value is -4.00. The van der Waals surface area contributed by atoms with Crippen molar-refractivity contribution in [3.8, 4) is 0 Å². The van der Waals surface area contributed by atoms with Gasteiger partial charge in [-0.3, -0.25) is 19.4 Å². The molecule has 0 spiro atoms. The molecule has 1 atom stereocenters. The molecule has 7 nitrogen and oxygen atoms in total. The van der Waals surface area contributed by atoms with Gasteiger partial charge in [0.1, 0.15) is 0 Å². The van der Waals surface area contributed by atoms with Crippen LogP contribution in [0.4, 0.5) is 5.69 Å². The van der Waals surface area contributed by atoms with E-state index >= 15 is 0 Å². The van der Waals surface area contributed by atoms with Crippen molar-refractivity contribution in [3.05, 3.63) is 94.8 Å². The largest absolute Gasteiger partial charge is 0.346 e. The number of nitrogens with one attached hydrogen (secondary N) is 2. The van der Waals surface area contributed by atoms with Crippen LogP contribution in [0.25, 0.3) is 0 Å². The molecule has 1 aromatic heterocycles. The first-order chi connectivity index (χ1) is 16.9. The highest BCUT2D eigenvalue weighted by Gasteiger charge is 2.29. The second kappa shape index (κ2) is 11.0. The van der Waals surface area contributed by atoms with Crippen LogP contribution in [0.1, 0.15) is 50.4 Å². The maximum atomic E-state index is 13.1. The van der Waals surface area contributed by atoms with Crippen molar-refractivity contribution >= 4 is 23.4 Å². The molecule has 1 aliphatic heterocycles. The van der Waals surface area contributed by atoms with Crippen LogP contribution >= 0.6 is 0 Å². The van der Waals surface area contributed by atoms with Crippen LogP contribution in [-0.4, -0.2) is 40.7 Å². The summed E-state index contributed by atoms with van der Waals surface area (Å²) >= 11 is 0. The minimum absolute atomic E-state index is 0.0409. The summed E-state index contributed by atoms with van der Waals surface area (Å²) in [5, 5.41) is 5.77. The van der Waals surface area contributed by atoms with Crippen LogP contribution in [-0.2, 0) is 11.3 Å². The van der Waals surface area contributed by atoms with Gasteiger partial charge in [-0.05, 0) is 69.2 Å². The van der Waals surface area contributed by atoms with Gasteiger partial charge in [0.2, 0.25) is 5.91 Å². The summed E-state index contributed by atoms with van der Waals surface area (Å²) in [4.78, 5) is 44.6. The number of anilines is 1. The number of pyridine rings is 1. The number of hydrogen-bond donors (Lipinski definition) is 2. The molecule has 180 valence electrons. The Kier molecular flexibility index (Phi) is 7.55. The SMILES string of the molecule is Cc1cc(C)cc(C(=O)N2CCCC(C(=O)Nc3cccc(C(=O)NCc4ccccn4)c3)C2)c1. The number of aromatic nitrogens is 1. The van der Waals surface area contributed by atoms with Crippen LogP contribution in [0.15, 0.2) is 66.9 Å². The first-order valence-corrected chi connectivity index (χ1v) is 11.9. The fourth-order valence-electron chi connectivity index (χ4n) is 4.41. The molecule has 2 heterocycles. The number of benzene rings is 2. The molecule has 1 aliphatic rings. The summed E-state index contributed by atoms with van der Waals surface area (Å²) in [7, 11) is 0. The van der Waals surface area contributed by atoms with E-state index in [4.69, 9.17) is 0 Å². The minimum Gasteiger partial charge on any atom is -0.346 e. The molecule has 1 saturated heterocycles. The third kappa shape index (κ3) is 6.32. The van der Waals surface area contributed by atoms with Crippen molar-refractivity contribution in [2.45, 2.75) is 33.2 Å². The first-order valence-electron chi connectivity index (χ1n) is 11.9. The number of aryl methyl sites for hydroxylation is 2. The van der Waals surface area contributed by atoms with E-state index in [0.717, 1.165) is 23.2 Å². The van der Waals surface area contributed by atoms with Gasteiger partial charge >= 0.3 is 0 Å². The number of carbonyl (C=O) groups excluding carboxylic acids is 3. The molecule has 3 aromatic rings. The summed E-state index contributed by atoms with van der Waals surface area (Å²) in [6.07, 6.45) is 3.16. The van der Waals surface area contributed by atoms with Gasteiger partial charge in [0.05, 0.1) is 18.2 Å². The highest BCUT2D eigenvalue weighted by molar-refractivity contribution is 5.98. The van der Waals surface area contributed by atoms with Crippen molar-refractivity contribution < 1.29 is 14.4 Å². The van der Waals surface area contributed by atoms with Gasteiger partial charge in [0.25, 0.3) is 11.8 Å². The van der Waals surface area contributed by atoms with Gasteiger partial charge in [-0.25, -0.2) is 0 Å². The molecule has 0 aliphatic carbocycles. The van der Waals surface area contributed by atoms with E-state index in [1.54, 1.807) is 35.4 Å². The molecule has 35 heavy (non-hydrogen) atoms. The molecule has 3 amide bonds. The topological polar surface area (TPSA) is 91.4 Å². The van der Waals surface area contributed by atoms with E-state index in [1.807, 2.05) is 50.2 Å². The quantitative estimate of drug-likeness (QED) is 0.567. The lowest BCUT2D eigenvalue weighted by atomic mass is 9.96. The van der Waals surface area contributed by atoms with Crippen LogP contribution < -0.4 is 10.6 Å². The van der Waals surface area contributed by atoms with Gasteiger partial charge in [-0.1, -0.05) is 29.3 Å². The smallest absolute Gasteiger partial charge is 0.253 e. The monoisotopic (exact) mass is 470 g/mol. The number of nitrogens with zero attached hydrogens (tertiary/aromatic N) is 2. The maximum absolute atomic E-state index is 13.1. The van der Waals surface area contributed by atoms with Crippen LogP contribution in [0, 0.1) is 19.8 Å². The standard InChI is InChI=1S/C28H30N4O3/c1-19-13-20(2)15-23(14-19)28(35)32-12-6-8-22(18-32)27(34)31-24-10-5-7-21(16-24)26(33)30-17-25-9-3-4-11-29-25/h3-5,7,9-11,13-16,22H,6,8,12,17-18H2,1-2H3,(H,30,33)(H,31,34). The molecule has 1 unspecified atom stereocenters. The van der Waals surface area contributed by atoms with Gasteiger partial charge < -0.3 is 15.5 Å². The third-order valence-electron chi connectivity index (χ3n) is 6.10. The normalized spacial score (nSPS) is 15.4. The van der Waals surface area contributed by atoms with E-state index in [1.165, 1.54) is 0 Å². The Bertz CT molecular complexity index is 1210. The van der Waals surface area contributed by atoms with Crippen molar-refractivity contribution in [1.82, 2.24) is 15.2 Å². The van der Waals surface area contributed by atoms with E-state index < -0.39 is 0 Å². The van der Waals surface area contributed by atoms with Gasteiger partial charge in [0, 0.05) is 36.1 Å². The predicted octanol–water partition coefficient (Wildman–Crippen LogP) is 4.12. The molecule has 2 N–H and O–H groups in total. The van der Waals surface area contributed by atoms with E-state index in [0.29, 0.717) is 42.9 Å². The lowest BCUT2D eigenvalue weighted by Crippen LogP contribution is -2.43.